The van der Waals surface area contributed by atoms with Gasteiger partial charge in [0.2, 0.25) is 0 Å². The second kappa shape index (κ2) is 5.68. The van der Waals surface area contributed by atoms with E-state index in [-0.39, 0.29) is 11.3 Å². The summed E-state index contributed by atoms with van der Waals surface area (Å²) in [5.41, 5.74) is 1.43. The molecule has 0 amide bonds. The van der Waals surface area contributed by atoms with E-state index in [0.717, 1.165) is 31.4 Å². The number of hydrogen-bond donors (Lipinski definition) is 1. The molecule has 2 bridgehead atoms. The molecule has 0 aliphatic heterocycles. The molecule has 5 aliphatic rings. The van der Waals surface area contributed by atoms with Crippen LogP contribution in [0.15, 0.2) is 11.6 Å². The predicted octanol–water partition coefficient (Wildman–Crippen LogP) is 4.40. The number of rotatable bonds is 3. The van der Waals surface area contributed by atoms with Crippen LogP contribution in [0.2, 0.25) is 0 Å². The maximum atomic E-state index is 12.1. The van der Waals surface area contributed by atoms with Gasteiger partial charge in [-0.25, -0.2) is 0 Å². The first-order valence-electron chi connectivity index (χ1n) is 9.95. The molecule has 3 nitrogen and oxygen atoms in total. The summed E-state index contributed by atoms with van der Waals surface area (Å²) in [5, 5.41) is 9.97. The zero-order chi connectivity index (χ0) is 18.0. The highest BCUT2D eigenvalue weighted by Crippen LogP contribution is 2.70. The Bertz CT molecular complexity index is 656. The first-order chi connectivity index (χ1) is 11.7. The Morgan fingerprint density at radius 2 is 2.04 bits per heavy atom. The lowest BCUT2D eigenvalue weighted by molar-refractivity contribution is -0.177. The molecule has 1 N–H and O–H groups in total. The lowest BCUT2D eigenvalue weighted by Crippen LogP contribution is -2.60. The SMILES string of the molecule is CS(=O)CC1C[C@]23CCC1=C[C@H]2[C@]1(C)CCC[C@@](C)(C(=O)O)[C@H]1CC3. The van der Waals surface area contributed by atoms with Crippen LogP contribution >= 0.6 is 0 Å². The van der Waals surface area contributed by atoms with E-state index in [2.05, 4.69) is 13.0 Å². The summed E-state index contributed by atoms with van der Waals surface area (Å²) in [6.07, 6.45) is 13.3. The number of allylic oxidation sites excluding steroid dienone is 2. The molecule has 4 heteroatoms. The molecule has 140 valence electrons. The van der Waals surface area contributed by atoms with E-state index >= 15 is 0 Å². The van der Waals surface area contributed by atoms with Crippen LogP contribution in [0.1, 0.15) is 65.2 Å². The second-order valence-corrected chi connectivity index (χ2v) is 11.4. The lowest BCUT2D eigenvalue weighted by atomic mass is 9.38. The Hall–Kier alpha value is -0.640. The van der Waals surface area contributed by atoms with Crippen molar-refractivity contribution in [1.82, 2.24) is 0 Å². The molecule has 5 rings (SSSR count). The number of fused-ring (bicyclic) bond motifs is 3. The van der Waals surface area contributed by atoms with Crippen molar-refractivity contribution in [2.24, 2.45) is 34.0 Å². The zero-order valence-corrected chi connectivity index (χ0v) is 16.7. The molecule has 1 spiro atoms. The molecule has 5 aliphatic carbocycles. The third-order valence-electron chi connectivity index (χ3n) is 8.67. The number of carboxylic acids is 1. The van der Waals surface area contributed by atoms with Gasteiger partial charge in [0.25, 0.3) is 0 Å². The van der Waals surface area contributed by atoms with E-state index in [0.29, 0.717) is 17.3 Å². The van der Waals surface area contributed by atoms with Gasteiger partial charge in [-0.05, 0) is 80.5 Å². The third kappa shape index (κ3) is 2.42. The van der Waals surface area contributed by atoms with Crippen LogP contribution in [0, 0.1) is 34.0 Å². The first-order valence-corrected chi connectivity index (χ1v) is 11.7. The summed E-state index contributed by atoms with van der Waals surface area (Å²) in [6.45, 7) is 4.40. The van der Waals surface area contributed by atoms with Gasteiger partial charge < -0.3 is 5.11 Å². The molecule has 25 heavy (non-hydrogen) atoms. The maximum absolute atomic E-state index is 12.1. The zero-order valence-electron chi connectivity index (χ0n) is 15.8. The van der Waals surface area contributed by atoms with Crippen molar-refractivity contribution >= 4 is 16.8 Å². The Morgan fingerprint density at radius 1 is 1.28 bits per heavy atom. The van der Waals surface area contributed by atoms with Crippen LogP contribution in [0.5, 0.6) is 0 Å². The quantitative estimate of drug-likeness (QED) is 0.755. The fourth-order valence-electron chi connectivity index (χ4n) is 7.56. The summed E-state index contributed by atoms with van der Waals surface area (Å²) in [5.74, 6) is 1.55. The van der Waals surface area contributed by atoms with Crippen LogP contribution in [0.25, 0.3) is 0 Å². The largest absolute Gasteiger partial charge is 0.481 e. The highest BCUT2D eigenvalue weighted by molar-refractivity contribution is 7.84. The van der Waals surface area contributed by atoms with E-state index < -0.39 is 22.2 Å². The summed E-state index contributed by atoms with van der Waals surface area (Å²) >= 11 is 0. The van der Waals surface area contributed by atoms with Crippen molar-refractivity contribution in [2.45, 2.75) is 65.2 Å². The van der Waals surface area contributed by atoms with Crippen LogP contribution in [-0.4, -0.2) is 27.3 Å². The summed E-state index contributed by atoms with van der Waals surface area (Å²) in [6, 6.07) is 0. The Labute approximate surface area is 154 Å². The van der Waals surface area contributed by atoms with Crippen molar-refractivity contribution in [3.63, 3.8) is 0 Å². The molecule has 0 aromatic heterocycles. The fourth-order valence-corrected chi connectivity index (χ4v) is 8.46. The van der Waals surface area contributed by atoms with E-state index in [1.807, 2.05) is 13.2 Å². The van der Waals surface area contributed by atoms with Gasteiger partial charge in [-0.3, -0.25) is 9.00 Å². The third-order valence-corrected chi connectivity index (χ3v) is 9.54. The van der Waals surface area contributed by atoms with Gasteiger partial charge in [0.1, 0.15) is 0 Å². The van der Waals surface area contributed by atoms with Gasteiger partial charge in [-0.2, -0.15) is 0 Å². The van der Waals surface area contributed by atoms with Crippen LogP contribution in [0.3, 0.4) is 0 Å². The molecule has 3 saturated carbocycles. The van der Waals surface area contributed by atoms with E-state index in [4.69, 9.17) is 0 Å². The van der Waals surface area contributed by atoms with Crippen molar-refractivity contribution in [3.8, 4) is 0 Å². The molecular weight excluding hydrogens is 332 g/mol. The molecule has 0 aromatic carbocycles. The maximum Gasteiger partial charge on any atom is 0.309 e. The fraction of sp³-hybridized carbons (Fsp3) is 0.857. The van der Waals surface area contributed by atoms with Gasteiger partial charge in [0, 0.05) is 22.8 Å². The minimum absolute atomic E-state index is 0.117. The van der Waals surface area contributed by atoms with Crippen LogP contribution < -0.4 is 0 Å². The second-order valence-electron chi connectivity index (χ2n) is 9.90. The number of carboxylic acid groups (broad SMARTS) is 1. The smallest absolute Gasteiger partial charge is 0.309 e. The molecule has 0 saturated heterocycles. The van der Waals surface area contributed by atoms with Crippen molar-refractivity contribution in [2.75, 3.05) is 12.0 Å². The number of hydrogen-bond acceptors (Lipinski definition) is 2. The van der Waals surface area contributed by atoms with Gasteiger partial charge in [-0.1, -0.05) is 25.0 Å². The van der Waals surface area contributed by atoms with Gasteiger partial charge in [0.05, 0.1) is 5.41 Å². The number of aliphatic carboxylic acids is 1. The van der Waals surface area contributed by atoms with E-state index in [9.17, 15) is 14.1 Å². The van der Waals surface area contributed by atoms with Crippen molar-refractivity contribution in [3.05, 3.63) is 11.6 Å². The van der Waals surface area contributed by atoms with Gasteiger partial charge in [0.15, 0.2) is 0 Å². The molecule has 0 radical (unpaired) electrons. The summed E-state index contributed by atoms with van der Waals surface area (Å²) in [4.78, 5) is 12.1. The minimum atomic E-state index is -0.736. The molecule has 2 unspecified atom stereocenters. The van der Waals surface area contributed by atoms with Gasteiger partial charge in [-0.15, -0.1) is 0 Å². The Morgan fingerprint density at radius 3 is 2.72 bits per heavy atom. The van der Waals surface area contributed by atoms with Crippen molar-refractivity contribution < 1.29 is 14.1 Å². The molecule has 0 heterocycles. The summed E-state index contributed by atoms with van der Waals surface area (Å²) < 4.78 is 11.8. The minimum Gasteiger partial charge on any atom is -0.481 e. The lowest BCUT2D eigenvalue weighted by Gasteiger charge is -2.66. The standard InChI is InChI=1S/C21H32O3S/c1-19-7-4-8-20(2,18(22)23)16(19)6-10-21-9-5-14(11-17(19)21)15(12-21)13-25(3)24/h11,15-17H,4-10,12-13H2,1-3H3,(H,22,23)/t15?,16-,17-,19+,20+,21+,25?/m0/s1. The summed E-state index contributed by atoms with van der Waals surface area (Å²) in [7, 11) is -0.736. The van der Waals surface area contributed by atoms with Crippen LogP contribution in [-0.2, 0) is 15.6 Å². The molecule has 0 aromatic rings. The average molecular weight is 365 g/mol. The molecular formula is C21H32O3S. The average Bonchev–Trinajstić information content (AvgIpc) is 2.53. The molecule has 3 fully saturated rings. The highest BCUT2D eigenvalue weighted by Gasteiger charge is 2.64. The predicted molar refractivity (Wildman–Crippen MR) is 101 cm³/mol. The Kier molecular flexibility index (Phi) is 4.03. The molecule has 7 atom stereocenters. The van der Waals surface area contributed by atoms with Gasteiger partial charge >= 0.3 is 5.97 Å². The van der Waals surface area contributed by atoms with E-state index in [1.54, 1.807) is 0 Å². The number of carbonyl (C=O) groups is 1. The topological polar surface area (TPSA) is 54.4 Å². The van der Waals surface area contributed by atoms with E-state index in [1.165, 1.54) is 31.3 Å². The Balaban J connectivity index is 1.73. The monoisotopic (exact) mass is 364 g/mol. The highest BCUT2D eigenvalue weighted by atomic mass is 32.2. The van der Waals surface area contributed by atoms with Crippen molar-refractivity contribution in [1.29, 1.82) is 0 Å². The van der Waals surface area contributed by atoms with Crippen LogP contribution in [0.4, 0.5) is 0 Å². The normalized spacial score (nSPS) is 49.7. The first kappa shape index (κ1) is 17.8.